The fraction of sp³-hybridized carbons (Fsp3) is 0. The average Bonchev–Trinajstić information content (AvgIpc) is 2.30. The van der Waals surface area contributed by atoms with E-state index in [1.807, 2.05) is 0 Å². The van der Waals surface area contributed by atoms with E-state index in [1.54, 1.807) is 24.5 Å². The molecule has 2 aromatic heterocycles. The zero-order valence-electron chi connectivity index (χ0n) is 7.67. The molecule has 4 nitrogen and oxygen atoms in total. The zero-order valence-corrected chi connectivity index (χ0v) is 12.6. The molecule has 0 unspecified atom stereocenters. The van der Waals surface area contributed by atoms with Gasteiger partial charge >= 0.3 is 114 Å². The molecule has 2 aromatic rings. The van der Waals surface area contributed by atoms with Gasteiger partial charge < -0.3 is 0 Å². The normalized spacial score (nSPS) is 10.4. The first-order valence-electron chi connectivity index (χ1n) is 4.06. The number of aromatic nitrogens is 4. The second-order valence-corrected chi connectivity index (χ2v) is 9.31. The first-order chi connectivity index (χ1) is 7.77. The maximum atomic E-state index is 5.98. The molecule has 0 fully saturated rings. The second kappa shape index (κ2) is 5.92. The summed E-state index contributed by atoms with van der Waals surface area (Å²) in [7, 11) is 0. The second-order valence-electron chi connectivity index (χ2n) is 2.54. The maximum absolute atomic E-state index is 5.98. The van der Waals surface area contributed by atoms with E-state index >= 15 is 0 Å². The fourth-order valence-corrected chi connectivity index (χ4v) is 8.16. The Morgan fingerprint density at radius 3 is 1.62 bits per heavy atom. The van der Waals surface area contributed by atoms with Crippen LogP contribution >= 0.6 is 23.2 Å². The van der Waals surface area contributed by atoms with E-state index in [1.165, 1.54) is 0 Å². The zero-order chi connectivity index (χ0) is 11.4. The van der Waals surface area contributed by atoms with Crippen molar-refractivity contribution in [2.75, 3.05) is 0 Å². The molecular weight excluding hydrogens is 381 g/mol. The SMILES string of the molecule is Clc1ccnnc1[Se][Se]c1nnccc1Cl. The van der Waals surface area contributed by atoms with Crippen molar-refractivity contribution in [2.45, 2.75) is 0 Å². The van der Waals surface area contributed by atoms with E-state index in [9.17, 15) is 0 Å². The van der Waals surface area contributed by atoms with Gasteiger partial charge in [-0.3, -0.25) is 0 Å². The molecule has 0 bridgehead atoms. The Morgan fingerprint density at radius 1 is 0.812 bits per heavy atom. The predicted octanol–water partition coefficient (Wildman–Crippen LogP) is -0.152. The molecule has 0 saturated carbocycles. The van der Waals surface area contributed by atoms with Crippen molar-refractivity contribution in [2.24, 2.45) is 0 Å². The Kier molecular flexibility index (Phi) is 4.53. The first-order valence-corrected chi connectivity index (χ1v) is 10.9. The minimum atomic E-state index is 0.123. The van der Waals surface area contributed by atoms with Crippen LogP contribution in [0.4, 0.5) is 0 Å². The number of hydrogen-bond acceptors (Lipinski definition) is 4. The van der Waals surface area contributed by atoms with Gasteiger partial charge in [0.2, 0.25) is 0 Å². The van der Waals surface area contributed by atoms with E-state index in [0.29, 0.717) is 10.0 Å². The van der Waals surface area contributed by atoms with Crippen LogP contribution in [0, 0.1) is 0 Å². The molecule has 0 N–H and O–H groups in total. The number of hydrogen-bond donors (Lipinski definition) is 0. The standard InChI is InChI=1S/C8H4Cl2N4Se2/c9-5-1-3-11-13-7(5)15-16-8-6(10)2-4-12-14-8/h1-4H. The van der Waals surface area contributed by atoms with Gasteiger partial charge in [0.05, 0.1) is 0 Å². The van der Waals surface area contributed by atoms with Crippen LogP contribution in [0.25, 0.3) is 0 Å². The Morgan fingerprint density at radius 2 is 1.25 bits per heavy atom. The molecule has 0 atom stereocenters. The van der Waals surface area contributed by atoms with Gasteiger partial charge in [0.15, 0.2) is 0 Å². The molecule has 0 saturated heterocycles. The van der Waals surface area contributed by atoms with Gasteiger partial charge in [-0.25, -0.2) is 0 Å². The van der Waals surface area contributed by atoms with Gasteiger partial charge in [-0.2, -0.15) is 0 Å². The third-order valence-electron chi connectivity index (χ3n) is 1.48. The van der Waals surface area contributed by atoms with Crippen LogP contribution in [0.2, 0.25) is 10.0 Å². The predicted molar refractivity (Wildman–Crippen MR) is 64.9 cm³/mol. The van der Waals surface area contributed by atoms with Gasteiger partial charge in [-0.05, 0) is 0 Å². The van der Waals surface area contributed by atoms with Crippen molar-refractivity contribution in [3.63, 3.8) is 0 Å². The molecule has 0 aliphatic carbocycles. The summed E-state index contributed by atoms with van der Waals surface area (Å²) in [6, 6.07) is 3.47. The molecule has 0 radical (unpaired) electrons. The molecule has 0 aliphatic heterocycles. The quantitative estimate of drug-likeness (QED) is 0.690. The first kappa shape index (κ1) is 12.2. The van der Waals surface area contributed by atoms with Crippen molar-refractivity contribution in [1.29, 1.82) is 0 Å². The van der Waals surface area contributed by atoms with Gasteiger partial charge in [0.25, 0.3) is 0 Å². The summed E-state index contributed by atoms with van der Waals surface area (Å²) in [6.07, 6.45) is 3.15. The summed E-state index contributed by atoms with van der Waals surface area (Å²) in [5.41, 5.74) is 0. The van der Waals surface area contributed by atoms with Crippen molar-refractivity contribution in [1.82, 2.24) is 20.4 Å². The van der Waals surface area contributed by atoms with Crippen molar-refractivity contribution in [3.05, 3.63) is 34.6 Å². The molecular formula is C8H4Cl2N4Se2. The summed E-state index contributed by atoms with van der Waals surface area (Å²) in [6.45, 7) is 0. The van der Waals surface area contributed by atoms with Crippen LogP contribution in [0.5, 0.6) is 0 Å². The average molecular weight is 385 g/mol. The molecule has 2 heterocycles. The Labute approximate surface area is 113 Å². The third kappa shape index (κ3) is 3.14. The summed E-state index contributed by atoms with van der Waals surface area (Å²) < 4.78 is 1.66. The van der Waals surface area contributed by atoms with E-state index < -0.39 is 0 Å². The topological polar surface area (TPSA) is 51.6 Å². The molecule has 0 aromatic carbocycles. The minimum absolute atomic E-state index is 0.123. The van der Waals surface area contributed by atoms with Gasteiger partial charge in [-0.1, -0.05) is 0 Å². The van der Waals surface area contributed by atoms with E-state index in [2.05, 4.69) is 20.4 Å². The van der Waals surface area contributed by atoms with E-state index in [-0.39, 0.29) is 26.3 Å². The molecule has 82 valence electrons. The molecule has 2 rings (SSSR count). The van der Waals surface area contributed by atoms with E-state index in [4.69, 9.17) is 23.2 Å². The molecule has 0 amide bonds. The summed E-state index contributed by atoms with van der Waals surface area (Å²) in [4.78, 5) is 0. The third-order valence-corrected chi connectivity index (χ3v) is 9.05. The van der Waals surface area contributed by atoms with Gasteiger partial charge in [-0.15, -0.1) is 0 Å². The van der Waals surface area contributed by atoms with E-state index in [0.717, 1.165) is 9.18 Å². The van der Waals surface area contributed by atoms with Crippen molar-refractivity contribution >= 4 is 58.6 Å². The summed E-state index contributed by atoms with van der Waals surface area (Å²) in [5, 5.41) is 16.9. The monoisotopic (exact) mass is 386 g/mol. The van der Waals surface area contributed by atoms with Crippen LogP contribution in [-0.2, 0) is 0 Å². The Bertz CT molecular complexity index is 451. The van der Waals surface area contributed by atoms with Crippen molar-refractivity contribution < 1.29 is 0 Å². The van der Waals surface area contributed by atoms with Crippen LogP contribution in [0.15, 0.2) is 24.5 Å². The van der Waals surface area contributed by atoms with Crippen LogP contribution in [-0.4, -0.2) is 46.7 Å². The molecule has 0 spiro atoms. The summed E-state index contributed by atoms with van der Waals surface area (Å²) in [5.74, 6) is 0. The fourth-order valence-electron chi connectivity index (χ4n) is 0.799. The van der Waals surface area contributed by atoms with Crippen LogP contribution in [0.1, 0.15) is 0 Å². The Balaban J connectivity index is 2.09. The number of nitrogens with zero attached hydrogens (tertiary/aromatic N) is 4. The molecule has 8 heteroatoms. The van der Waals surface area contributed by atoms with Gasteiger partial charge in [0.1, 0.15) is 0 Å². The summed E-state index contributed by atoms with van der Waals surface area (Å²) >= 11 is 12.2. The van der Waals surface area contributed by atoms with Crippen LogP contribution < -0.4 is 9.18 Å². The van der Waals surface area contributed by atoms with Crippen LogP contribution in [0.3, 0.4) is 0 Å². The van der Waals surface area contributed by atoms with Gasteiger partial charge in [0, 0.05) is 0 Å². The molecule has 0 aliphatic rings. The number of halogens is 2. The molecule has 16 heavy (non-hydrogen) atoms. The van der Waals surface area contributed by atoms with Crippen molar-refractivity contribution in [3.8, 4) is 0 Å². The number of rotatable bonds is 3. The Hall–Kier alpha value is -0.221.